The SMILES string of the molecule is C[C@@H](NC(=O)Cn1cnnn1)c1cccc(-n2cccn2)c1. The zero-order chi connectivity index (χ0) is 15.4. The molecule has 0 unspecified atom stereocenters. The third-order valence-corrected chi connectivity index (χ3v) is 3.21. The van der Waals surface area contributed by atoms with E-state index in [2.05, 4.69) is 25.9 Å². The summed E-state index contributed by atoms with van der Waals surface area (Å²) in [6, 6.07) is 9.61. The van der Waals surface area contributed by atoms with Gasteiger partial charge in [0.25, 0.3) is 0 Å². The van der Waals surface area contributed by atoms with Gasteiger partial charge >= 0.3 is 0 Å². The van der Waals surface area contributed by atoms with Gasteiger partial charge in [-0.3, -0.25) is 4.79 Å². The number of hydrogen-bond acceptors (Lipinski definition) is 5. The second-order valence-corrected chi connectivity index (χ2v) is 4.84. The fourth-order valence-electron chi connectivity index (χ4n) is 2.13. The van der Waals surface area contributed by atoms with Crippen LogP contribution in [0.1, 0.15) is 18.5 Å². The Hall–Kier alpha value is -3.03. The van der Waals surface area contributed by atoms with Gasteiger partial charge in [-0.25, -0.2) is 9.36 Å². The smallest absolute Gasteiger partial charge is 0.242 e. The van der Waals surface area contributed by atoms with Crippen molar-refractivity contribution in [1.82, 2.24) is 35.3 Å². The van der Waals surface area contributed by atoms with Crippen LogP contribution in [-0.4, -0.2) is 35.9 Å². The molecule has 0 radical (unpaired) electrons. The Labute approximate surface area is 126 Å². The van der Waals surface area contributed by atoms with E-state index < -0.39 is 0 Å². The fraction of sp³-hybridized carbons (Fsp3) is 0.214. The van der Waals surface area contributed by atoms with Crippen LogP contribution >= 0.6 is 0 Å². The van der Waals surface area contributed by atoms with Crippen molar-refractivity contribution in [2.75, 3.05) is 0 Å². The third-order valence-electron chi connectivity index (χ3n) is 3.21. The number of nitrogens with zero attached hydrogens (tertiary/aromatic N) is 6. The molecule has 0 aliphatic heterocycles. The highest BCUT2D eigenvalue weighted by Crippen LogP contribution is 2.16. The zero-order valence-electron chi connectivity index (χ0n) is 12.0. The normalized spacial score (nSPS) is 12.0. The van der Waals surface area contributed by atoms with E-state index in [1.807, 2.05) is 43.5 Å². The maximum absolute atomic E-state index is 12.0. The van der Waals surface area contributed by atoms with Gasteiger partial charge < -0.3 is 5.32 Å². The van der Waals surface area contributed by atoms with Gasteiger partial charge in [0.1, 0.15) is 12.9 Å². The van der Waals surface area contributed by atoms with Crippen molar-refractivity contribution < 1.29 is 4.79 Å². The molecule has 3 rings (SSSR count). The van der Waals surface area contributed by atoms with Gasteiger partial charge in [0, 0.05) is 12.4 Å². The summed E-state index contributed by atoms with van der Waals surface area (Å²) < 4.78 is 3.15. The number of rotatable bonds is 5. The second-order valence-electron chi connectivity index (χ2n) is 4.84. The van der Waals surface area contributed by atoms with Crippen molar-refractivity contribution in [2.24, 2.45) is 0 Å². The minimum Gasteiger partial charge on any atom is -0.348 e. The fourth-order valence-corrected chi connectivity index (χ4v) is 2.13. The second kappa shape index (κ2) is 6.17. The van der Waals surface area contributed by atoms with Crippen molar-refractivity contribution in [3.63, 3.8) is 0 Å². The van der Waals surface area contributed by atoms with Crippen molar-refractivity contribution in [1.29, 1.82) is 0 Å². The highest BCUT2D eigenvalue weighted by Gasteiger charge is 2.11. The lowest BCUT2D eigenvalue weighted by Crippen LogP contribution is -2.30. The van der Waals surface area contributed by atoms with Crippen molar-refractivity contribution >= 4 is 5.91 Å². The molecule has 0 bridgehead atoms. The number of carbonyl (C=O) groups excluding carboxylic acids is 1. The van der Waals surface area contributed by atoms with Gasteiger partial charge in [0.2, 0.25) is 5.91 Å². The van der Waals surface area contributed by atoms with Crippen LogP contribution in [0.15, 0.2) is 49.1 Å². The van der Waals surface area contributed by atoms with Gasteiger partial charge in [-0.15, -0.1) is 5.10 Å². The van der Waals surface area contributed by atoms with Crippen molar-refractivity contribution in [3.8, 4) is 5.69 Å². The summed E-state index contributed by atoms with van der Waals surface area (Å²) in [5.41, 5.74) is 1.95. The van der Waals surface area contributed by atoms with E-state index in [1.54, 1.807) is 10.9 Å². The average molecular weight is 297 g/mol. The quantitative estimate of drug-likeness (QED) is 0.750. The van der Waals surface area contributed by atoms with E-state index in [-0.39, 0.29) is 18.5 Å². The molecule has 2 heterocycles. The van der Waals surface area contributed by atoms with Gasteiger partial charge in [-0.05, 0) is 41.1 Å². The molecule has 22 heavy (non-hydrogen) atoms. The van der Waals surface area contributed by atoms with Crippen LogP contribution in [0.5, 0.6) is 0 Å². The van der Waals surface area contributed by atoms with Gasteiger partial charge in [0.15, 0.2) is 0 Å². The van der Waals surface area contributed by atoms with E-state index in [0.29, 0.717) is 0 Å². The lowest BCUT2D eigenvalue weighted by Gasteiger charge is -2.15. The Balaban J connectivity index is 1.68. The Morgan fingerprint density at radius 1 is 1.36 bits per heavy atom. The molecule has 0 aliphatic rings. The minimum absolute atomic E-state index is 0.0934. The molecule has 8 nitrogen and oxygen atoms in total. The number of carbonyl (C=O) groups is 1. The van der Waals surface area contributed by atoms with Crippen LogP contribution in [0.3, 0.4) is 0 Å². The summed E-state index contributed by atoms with van der Waals surface area (Å²) in [7, 11) is 0. The number of tetrazole rings is 1. The Morgan fingerprint density at radius 2 is 2.27 bits per heavy atom. The summed E-state index contributed by atoms with van der Waals surface area (Å²) in [4.78, 5) is 12.0. The van der Waals surface area contributed by atoms with E-state index in [4.69, 9.17) is 0 Å². The van der Waals surface area contributed by atoms with Crippen LogP contribution < -0.4 is 5.32 Å². The van der Waals surface area contributed by atoms with Gasteiger partial charge in [-0.2, -0.15) is 5.10 Å². The van der Waals surface area contributed by atoms with Crippen molar-refractivity contribution in [3.05, 3.63) is 54.6 Å². The first-order valence-corrected chi connectivity index (χ1v) is 6.82. The number of amides is 1. The molecule has 1 aromatic carbocycles. The average Bonchev–Trinajstić information content (AvgIpc) is 3.20. The molecule has 0 aliphatic carbocycles. The van der Waals surface area contributed by atoms with Crippen LogP contribution in [0, 0.1) is 0 Å². The van der Waals surface area contributed by atoms with Gasteiger partial charge in [0.05, 0.1) is 11.7 Å². The Bertz CT molecular complexity index is 736. The van der Waals surface area contributed by atoms with E-state index in [1.165, 1.54) is 11.0 Å². The number of nitrogens with one attached hydrogen (secondary N) is 1. The van der Waals surface area contributed by atoms with Gasteiger partial charge in [-0.1, -0.05) is 12.1 Å². The molecule has 2 aromatic heterocycles. The Kier molecular flexibility index (Phi) is 3.90. The summed E-state index contributed by atoms with van der Waals surface area (Å²) >= 11 is 0. The van der Waals surface area contributed by atoms with E-state index in [0.717, 1.165) is 11.3 Å². The molecule has 0 saturated heterocycles. The first-order chi connectivity index (χ1) is 10.7. The molecule has 1 N–H and O–H groups in total. The molecule has 1 amide bonds. The van der Waals surface area contributed by atoms with Crippen LogP contribution in [0.4, 0.5) is 0 Å². The number of benzene rings is 1. The highest BCUT2D eigenvalue weighted by atomic mass is 16.2. The highest BCUT2D eigenvalue weighted by molar-refractivity contribution is 5.76. The molecular formula is C14H15N7O. The molecule has 112 valence electrons. The molecule has 0 fully saturated rings. The maximum atomic E-state index is 12.0. The predicted molar refractivity (Wildman–Crippen MR) is 77.9 cm³/mol. The summed E-state index contributed by atoms with van der Waals surface area (Å²) in [6.45, 7) is 2.02. The molecule has 0 saturated carbocycles. The van der Waals surface area contributed by atoms with Crippen LogP contribution in [-0.2, 0) is 11.3 Å². The van der Waals surface area contributed by atoms with E-state index in [9.17, 15) is 4.79 Å². The number of hydrogen-bond donors (Lipinski definition) is 1. The monoisotopic (exact) mass is 297 g/mol. The predicted octanol–water partition coefficient (Wildman–Crippen LogP) is 0.736. The lowest BCUT2D eigenvalue weighted by atomic mass is 10.1. The summed E-state index contributed by atoms with van der Waals surface area (Å²) in [5, 5.41) is 17.8. The van der Waals surface area contributed by atoms with Crippen LogP contribution in [0.25, 0.3) is 5.69 Å². The molecular weight excluding hydrogens is 282 g/mol. The minimum atomic E-state index is -0.149. The molecule has 8 heteroatoms. The maximum Gasteiger partial charge on any atom is 0.242 e. The lowest BCUT2D eigenvalue weighted by molar-refractivity contribution is -0.122. The summed E-state index contributed by atoms with van der Waals surface area (Å²) in [5.74, 6) is -0.149. The molecule has 1 atom stereocenters. The third kappa shape index (κ3) is 3.17. The first-order valence-electron chi connectivity index (χ1n) is 6.82. The number of aromatic nitrogens is 6. The molecule has 3 aromatic rings. The molecule has 0 spiro atoms. The zero-order valence-corrected chi connectivity index (χ0v) is 12.0. The Morgan fingerprint density at radius 3 is 3.00 bits per heavy atom. The summed E-state index contributed by atoms with van der Waals surface area (Å²) in [6.07, 6.45) is 5.01. The van der Waals surface area contributed by atoms with Crippen molar-refractivity contribution in [2.45, 2.75) is 19.5 Å². The topological polar surface area (TPSA) is 90.5 Å². The standard InChI is InChI=1S/C14H15N7O/c1-11(17-14(22)9-20-10-15-18-19-20)12-4-2-5-13(8-12)21-7-3-6-16-21/h2-8,10-11H,9H2,1H3,(H,17,22)/t11-/m1/s1. The first kappa shape index (κ1) is 13.9. The van der Waals surface area contributed by atoms with Crippen LogP contribution in [0.2, 0.25) is 0 Å². The largest absolute Gasteiger partial charge is 0.348 e. The van der Waals surface area contributed by atoms with E-state index >= 15 is 0 Å².